The van der Waals surface area contributed by atoms with E-state index < -0.39 is 8.56 Å². The van der Waals surface area contributed by atoms with Gasteiger partial charge in [-0.05, 0) is 32.9 Å². The number of ether oxygens (including phenoxy) is 1. The lowest BCUT2D eigenvalue weighted by atomic mass is 10.2. The lowest BCUT2D eigenvalue weighted by Gasteiger charge is -2.25. The summed E-state index contributed by atoms with van der Waals surface area (Å²) < 4.78 is 16.0. The molecule has 0 aliphatic heterocycles. The molecule has 0 aliphatic rings. The molecule has 0 bridgehead atoms. The third-order valence-electron chi connectivity index (χ3n) is 2.66. The summed E-state index contributed by atoms with van der Waals surface area (Å²) in [5.74, 6) is 0. The predicted octanol–water partition coefficient (Wildman–Crippen LogP) is 2.66. The molecule has 6 heteroatoms. The molecule has 1 amide bonds. The molecule has 0 aliphatic carbocycles. The van der Waals surface area contributed by atoms with Crippen LogP contribution in [0.3, 0.4) is 0 Å². The van der Waals surface area contributed by atoms with Gasteiger partial charge in [0.05, 0.1) is 7.11 Å². The highest BCUT2D eigenvalue weighted by atomic mass is 28.4. The zero-order chi connectivity index (χ0) is 13.9. The molecule has 0 rings (SSSR count). The van der Waals surface area contributed by atoms with Gasteiger partial charge in [0.1, 0.15) is 0 Å². The van der Waals surface area contributed by atoms with Crippen molar-refractivity contribution in [1.29, 1.82) is 0 Å². The summed E-state index contributed by atoms with van der Waals surface area (Å²) in [6, 6.07) is 1.01. The van der Waals surface area contributed by atoms with E-state index in [0.29, 0.717) is 19.8 Å². The van der Waals surface area contributed by atoms with E-state index >= 15 is 0 Å². The first-order chi connectivity index (χ1) is 8.58. The van der Waals surface area contributed by atoms with Crippen molar-refractivity contribution in [3.63, 3.8) is 0 Å². The SMILES string of the molecule is CCO[Si](C)(CCCCCNC(=O)OC)OCC. The number of carbonyl (C=O) groups is 1. The number of unbranched alkanes of at least 4 members (excludes halogenated alkanes) is 2. The maximum absolute atomic E-state index is 10.8. The summed E-state index contributed by atoms with van der Waals surface area (Å²) in [6.45, 7) is 8.22. The highest BCUT2D eigenvalue weighted by Gasteiger charge is 2.29. The van der Waals surface area contributed by atoms with Gasteiger partial charge in [-0.2, -0.15) is 0 Å². The molecule has 0 fully saturated rings. The summed E-state index contributed by atoms with van der Waals surface area (Å²) in [6.07, 6.45) is 2.73. The van der Waals surface area contributed by atoms with Crippen molar-refractivity contribution in [3.8, 4) is 0 Å². The maximum Gasteiger partial charge on any atom is 0.406 e. The smallest absolute Gasteiger partial charge is 0.406 e. The average molecular weight is 277 g/mol. The Hall–Kier alpha value is -0.593. The topological polar surface area (TPSA) is 56.8 Å². The summed E-state index contributed by atoms with van der Waals surface area (Å²) >= 11 is 0. The third kappa shape index (κ3) is 8.49. The molecule has 0 saturated carbocycles. The van der Waals surface area contributed by atoms with Crippen LogP contribution in [0.1, 0.15) is 33.1 Å². The molecule has 0 saturated heterocycles. The predicted molar refractivity (Wildman–Crippen MR) is 73.9 cm³/mol. The molecule has 0 spiro atoms. The number of carbonyl (C=O) groups excluding carboxylic acids is 1. The van der Waals surface area contributed by atoms with E-state index in [4.69, 9.17) is 8.85 Å². The van der Waals surface area contributed by atoms with Crippen LogP contribution >= 0.6 is 0 Å². The van der Waals surface area contributed by atoms with Crippen LogP contribution in [0.15, 0.2) is 0 Å². The number of amides is 1. The number of alkyl carbamates (subject to hydrolysis) is 1. The van der Waals surface area contributed by atoms with E-state index in [1.54, 1.807) is 0 Å². The molecular weight excluding hydrogens is 250 g/mol. The highest BCUT2D eigenvalue weighted by Crippen LogP contribution is 2.17. The first kappa shape index (κ1) is 17.4. The molecule has 108 valence electrons. The standard InChI is InChI=1S/C12H27NO4Si/c1-5-16-18(4,17-6-2)11-9-7-8-10-13-12(14)15-3/h5-11H2,1-4H3,(H,13,14). The zero-order valence-electron chi connectivity index (χ0n) is 12.1. The lowest BCUT2D eigenvalue weighted by molar-refractivity contribution is 0.170. The van der Waals surface area contributed by atoms with Gasteiger partial charge in [0.25, 0.3) is 0 Å². The van der Waals surface area contributed by atoms with Crippen molar-refractivity contribution >= 4 is 14.7 Å². The van der Waals surface area contributed by atoms with Gasteiger partial charge in [-0.15, -0.1) is 0 Å². The van der Waals surface area contributed by atoms with Gasteiger partial charge < -0.3 is 18.9 Å². The molecule has 0 unspecified atom stereocenters. The summed E-state index contributed by atoms with van der Waals surface area (Å²) in [5, 5.41) is 2.67. The van der Waals surface area contributed by atoms with Crippen LogP contribution in [0.25, 0.3) is 0 Å². The molecular formula is C12H27NO4Si. The van der Waals surface area contributed by atoms with E-state index in [0.717, 1.165) is 25.3 Å². The highest BCUT2D eigenvalue weighted by molar-refractivity contribution is 6.66. The molecule has 1 N–H and O–H groups in total. The summed E-state index contributed by atoms with van der Waals surface area (Å²) in [4.78, 5) is 10.8. The van der Waals surface area contributed by atoms with Crippen LogP contribution in [0.5, 0.6) is 0 Å². The number of rotatable bonds is 10. The van der Waals surface area contributed by atoms with E-state index in [1.807, 2.05) is 13.8 Å². The van der Waals surface area contributed by atoms with Crippen molar-refractivity contribution < 1.29 is 18.4 Å². The maximum atomic E-state index is 10.8. The van der Waals surface area contributed by atoms with Crippen molar-refractivity contribution in [2.45, 2.75) is 45.7 Å². The Labute approximate surface area is 111 Å². The second-order valence-corrected chi connectivity index (χ2v) is 7.57. The average Bonchev–Trinajstić information content (AvgIpc) is 2.33. The minimum absolute atomic E-state index is 0.363. The Bertz CT molecular complexity index is 220. The molecule has 0 atom stereocenters. The van der Waals surface area contributed by atoms with Crippen molar-refractivity contribution in [2.75, 3.05) is 26.9 Å². The Balaban J connectivity index is 3.64. The molecule has 0 heterocycles. The quantitative estimate of drug-likeness (QED) is 0.493. The number of hydrogen-bond acceptors (Lipinski definition) is 4. The van der Waals surface area contributed by atoms with Crippen LogP contribution in [0.2, 0.25) is 12.6 Å². The summed E-state index contributed by atoms with van der Waals surface area (Å²) in [7, 11) is -0.579. The fourth-order valence-corrected chi connectivity index (χ4v) is 4.29. The largest absolute Gasteiger partial charge is 0.453 e. The Morgan fingerprint density at radius 2 is 1.72 bits per heavy atom. The second-order valence-electron chi connectivity index (χ2n) is 4.23. The van der Waals surface area contributed by atoms with E-state index in [1.165, 1.54) is 7.11 Å². The van der Waals surface area contributed by atoms with Gasteiger partial charge in [-0.1, -0.05) is 12.8 Å². The monoisotopic (exact) mass is 277 g/mol. The van der Waals surface area contributed by atoms with Gasteiger partial charge in [-0.3, -0.25) is 0 Å². The van der Waals surface area contributed by atoms with Crippen LogP contribution in [0.4, 0.5) is 4.79 Å². The van der Waals surface area contributed by atoms with Crippen LogP contribution < -0.4 is 5.32 Å². The molecule has 0 aromatic carbocycles. The van der Waals surface area contributed by atoms with Gasteiger partial charge in [0, 0.05) is 19.8 Å². The lowest BCUT2D eigenvalue weighted by Crippen LogP contribution is -2.38. The minimum atomic E-state index is -1.95. The van der Waals surface area contributed by atoms with E-state index in [2.05, 4.69) is 16.6 Å². The van der Waals surface area contributed by atoms with Crippen LogP contribution in [-0.2, 0) is 13.6 Å². The zero-order valence-corrected chi connectivity index (χ0v) is 13.1. The normalized spacial score (nSPS) is 11.3. The fraction of sp³-hybridized carbons (Fsp3) is 0.917. The number of hydrogen-bond donors (Lipinski definition) is 1. The van der Waals surface area contributed by atoms with Gasteiger partial charge in [0.15, 0.2) is 0 Å². The van der Waals surface area contributed by atoms with Crippen molar-refractivity contribution in [1.82, 2.24) is 5.32 Å². The van der Waals surface area contributed by atoms with Crippen LogP contribution in [-0.4, -0.2) is 41.5 Å². The van der Waals surface area contributed by atoms with E-state index in [9.17, 15) is 4.79 Å². The van der Waals surface area contributed by atoms with Crippen molar-refractivity contribution in [3.05, 3.63) is 0 Å². The first-order valence-corrected chi connectivity index (χ1v) is 9.20. The molecule has 0 aromatic heterocycles. The second kappa shape index (κ2) is 10.3. The minimum Gasteiger partial charge on any atom is -0.453 e. The van der Waals surface area contributed by atoms with Gasteiger partial charge >= 0.3 is 14.7 Å². The molecule has 0 aromatic rings. The Kier molecular flexibility index (Phi) is 10.00. The molecule has 5 nitrogen and oxygen atoms in total. The Morgan fingerprint density at radius 1 is 1.11 bits per heavy atom. The molecule has 0 radical (unpaired) electrons. The van der Waals surface area contributed by atoms with Crippen LogP contribution in [0, 0.1) is 0 Å². The molecule has 18 heavy (non-hydrogen) atoms. The third-order valence-corrected chi connectivity index (χ3v) is 5.72. The van der Waals surface area contributed by atoms with Gasteiger partial charge in [-0.25, -0.2) is 4.79 Å². The van der Waals surface area contributed by atoms with Gasteiger partial charge in [0.2, 0.25) is 0 Å². The Morgan fingerprint density at radius 3 is 2.22 bits per heavy atom. The summed E-state index contributed by atoms with van der Waals surface area (Å²) in [5.41, 5.74) is 0. The number of nitrogens with one attached hydrogen (secondary N) is 1. The fourth-order valence-electron chi connectivity index (χ4n) is 1.81. The number of methoxy groups -OCH3 is 1. The van der Waals surface area contributed by atoms with E-state index in [-0.39, 0.29) is 6.09 Å². The van der Waals surface area contributed by atoms with Crippen molar-refractivity contribution in [2.24, 2.45) is 0 Å². The first-order valence-electron chi connectivity index (χ1n) is 6.67.